The highest BCUT2D eigenvalue weighted by atomic mass is 16.5. The van der Waals surface area contributed by atoms with Crippen LogP contribution in [0.25, 0.3) is 0 Å². The Hall–Kier alpha value is -2.04. The van der Waals surface area contributed by atoms with Crippen LogP contribution >= 0.6 is 0 Å². The standard InChI is InChI=1S/C15H20N2O3/c1-5-9(2)16-13(18)10-6-7-12-11(8-10)17-14(19)15(3,4)20-12/h6-9H,5H2,1-4H3,(H,16,18)(H,17,19). The molecule has 0 saturated heterocycles. The van der Waals surface area contributed by atoms with E-state index in [9.17, 15) is 9.59 Å². The van der Waals surface area contributed by atoms with E-state index in [4.69, 9.17) is 4.74 Å². The number of fused-ring (bicyclic) bond motifs is 1. The van der Waals surface area contributed by atoms with Crippen LogP contribution in [0.3, 0.4) is 0 Å². The first-order valence-electron chi connectivity index (χ1n) is 6.79. The summed E-state index contributed by atoms with van der Waals surface area (Å²) >= 11 is 0. The summed E-state index contributed by atoms with van der Waals surface area (Å²) in [6.07, 6.45) is 0.866. The maximum Gasteiger partial charge on any atom is 0.268 e. The Kier molecular flexibility index (Phi) is 3.70. The van der Waals surface area contributed by atoms with Gasteiger partial charge in [0.1, 0.15) is 5.75 Å². The van der Waals surface area contributed by atoms with Crippen molar-refractivity contribution in [1.82, 2.24) is 5.32 Å². The van der Waals surface area contributed by atoms with Gasteiger partial charge < -0.3 is 15.4 Å². The number of benzene rings is 1. The van der Waals surface area contributed by atoms with E-state index < -0.39 is 5.60 Å². The monoisotopic (exact) mass is 276 g/mol. The lowest BCUT2D eigenvalue weighted by molar-refractivity contribution is -0.129. The number of rotatable bonds is 3. The number of hydrogen-bond donors (Lipinski definition) is 2. The quantitative estimate of drug-likeness (QED) is 0.890. The Bertz CT molecular complexity index is 552. The van der Waals surface area contributed by atoms with Gasteiger partial charge in [0.2, 0.25) is 0 Å². The molecule has 1 aromatic rings. The minimum Gasteiger partial charge on any atom is -0.476 e. The van der Waals surface area contributed by atoms with Gasteiger partial charge in [-0.25, -0.2) is 0 Å². The summed E-state index contributed by atoms with van der Waals surface area (Å²) in [4.78, 5) is 23.9. The highest BCUT2D eigenvalue weighted by Gasteiger charge is 2.35. The van der Waals surface area contributed by atoms with Crippen molar-refractivity contribution < 1.29 is 14.3 Å². The Labute approximate surface area is 118 Å². The third kappa shape index (κ3) is 2.76. The molecule has 108 valence electrons. The van der Waals surface area contributed by atoms with Gasteiger partial charge in [0.15, 0.2) is 5.60 Å². The molecule has 1 atom stereocenters. The molecule has 1 unspecified atom stereocenters. The van der Waals surface area contributed by atoms with Gasteiger partial charge in [0, 0.05) is 11.6 Å². The fraction of sp³-hybridized carbons (Fsp3) is 0.467. The van der Waals surface area contributed by atoms with Gasteiger partial charge in [-0.3, -0.25) is 9.59 Å². The molecule has 0 bridgehead atoms. The fourth-order valence-electron chi connectivity index (χ4n) is 1.86. The lowest BCUT2D eigenvalue weighted by atomic mass is 10.0. The second-order valence-electron chi connectivity index (χ2n) is 5.56. The molecule has 0 spiro atoms. The van der Waals surface area contributed by atoms with Gasteiger partial charge in [0.25, 0.3) is 11.8 Å². The Morgan fingerprint density at radius 3 is 2.80 bits per heavy atom. The van der Waals surface area contributed by atoms with Gasteiger partial charge in [-0.1, -0.05) is 6.92 Å². The topological polar surface area (TPSA) is 67.4 Å². The summed E-state index contributed by atoms with van der Waals surface area (Å²) in [5.41, 5.74) is 0.145. The summed E-state index contributed by atoms with van der Waals surface area (Å²) in [5.74, 6) is 0.209. The molecule has 20 heavy (non-hydrogen) atoms. The van der Waals surface area contributed by atoms with Crippen LogP contribution < -0.4 is 15.4 Å². The van der Waals surface area contributed by atoms with Gasteiger partial charge >= 0.3 is 0 Å². The predicted octanol–water partition coefficient (Wildman–Crippen LogP) is 2.32. The van der Waals surface area contributed by atoms with Gasteiger partial charge in [-0.2, -0.15) is 0 Å². The van der Waals surface area contributed by atoms with E-state index >= 15 is 0 Å². The third-order valence-corrected chi connectivity index (χ3v) is 3.39. The fourth-order valence-corrected chi connectivity index (χ4v) is 1.86. The number of nitrogens with one attached hydrogen (secondary N) is 2. The second-order valence-corrected chi connectivity index (χ2v) is 5.56. The van der Waals surface area contributed by atoms with Crippen molar-refractivity contribution >= 4 is 17.5 Å². The number of ether oxygens (including phenoxy) is 1. The van der Waals surface area contributed by atoms with Crippen molar-refractivity contribution in [2.24, 2.45) is 0 Å². The Morgan fingerprint density at radius 1 is 1.45 bits per heavy atom. The maximum absolute atomic E-state index is 12.0. The largest absolute Gasteiger partial charge is 0.476 e. The lowest BCUT2D eigenvalue weighted by Crippen LogP contribution is -2.45. The van der Waals surface area contributed by atoms with E-state index in [1.54, 1.807) is 32.0 Å². The summed E-state index contributed by atoms with van der Waals surface area (Å²) in [6, 6.07) is 5.16. The molecule has 2 N–H and O–H groups in total. The average molecular weight is 276 g/mol. The van der Waals surface area contributed by atoms with Crippen molar-refractivity contribution in [2.75, 3.05) is 5.32 Å². The maximum atomic E-state index is 12.0. The summed E-state index contributed by atoms with van der Waals surface area (Å²) in [7, 11) is 0. The van der Waals surface area contributed by atoms with Crippen LogP contribution in [0.4, 0.5) is 5.69 Å². The van der Waals surface area contributed by atoms with Crippen LogP contribution in [0, 0.1) is 0 Å². The molecule has 5 heteroatoms. The molecule has 1 aromatic carbocycles. The van der Waals surface area contributed by atoms with Crippen molar-refractivity contribution in [3.63, 3.8) is 0 Å². The molecule has 0 saturated carbocycles. The minimum atomic E-state index is -0.895. The Morgan fingerprint density at radius 2 is 2.15 bits per heavy atom. The molecule has 2 amide bonds. The van der Waals surface area contributed by atoms with Crippen molar-refractivity contribution in [3.8, 4) is 5.75 Å². The van der Waals surface area contributed by atoms with Crippen LogP contribution in [0.5, 0.6) is 5.75 Å². The van der Waals surface area contributed by atoms with Crippen molar-refractivity contribution in [2.45, 2.75) is 45.8 Å². The SMILES string of the molecule is CCC(C)NC(=O)c1ccc2c(c1)NC(=O)C(C)(C)O2. The summed E-state index contributed by atoms with van der Waals surface area (Å²) in [5, 5.41) is 5.66. The molecule has 0 radical (unpaired) electrons. The molecule has 0 fully saturated rings. The van der Waals surface area contributed by atoms with Gasteiger partial charge in [-0.15, -0.1) is 0 Å². The number of amides is 2. The highest BCUT2D eigenvalue weighted by Crippen LogP contribution is 2.34. The molecule has 5 nitrogen and oxygen atoms in total. The van der Waals surface area contributed by atoms with Crippen molar-refractivity contribution in [1.29, 1.82) is 0 Å². The minimum absolute atomic E-state index is 0.114. The molecular weight excluding hydrogens is 256 g/mol. The van der Waals surface area contributed by atoms with E-state index in [1.165, 1.54) is 0 Å². The first-order valence-corrected chi connectivity index (χ1v) is 6.79. The third-order valence-electron chi connectivity index (χ3n) is 3.39. The molecule has 1 aliphatic rings. The number of anilines is 1. The van der Waals surface area contributed by atoms with Crippen LogP contribution in [-0.2, 0) is 4.79 Å². The van der Waals surface area contributed by atoms with Gasteiger partial charge in [0.05, 0.1) is 5.69 Å². The second kappa shape index (κ2) is 5.15. The zero-order chi connectivity index (χ0) is 14.9. The van der Waals surface area contributed by atoms with Crippen LogP contribution in [-0.4, -0.2) is 23.5 Å². The first-order chi connectivity index (χ1) is 9.33. The summed E-state index contributed by atoms with van der Waals surface area (Å²) < 4.78 is 5.62. The van der Waals surface area contributed by atoms with E-state index in [0.717, 1.165) is 6.42 Å². The number of hydrogen-bond acceptors (Lipinski definition) is 3. The molecule has 1 heterocycles. The number of carbonyl (C=O) groups excluding carboxylic acids is 2. The van der Waals surface area contributed by atoms with Crippen LogP contribution in [0.2, 0.25) is 0 Å². The first kappa shape index (κ1) is 14.4. The predicted molar refractivity (Wildman–Crippen MR) is 77.0 cm³/mol. The zero-order valence-electron chi connectivity index (χ0n) is 12.2. The molecular formula is C15H20N2O3. The highest BCUT2D eigenvalue weighted by molar-refractivity contribution is 6.02. The average Bonchev–Trinajstić information content (AvgIpc) is 2.39. The van der Waals surface area contributed by atoms with Crippen molar-refractivity contribution in [3.05, 3.63) is 23.8 Å². The summed E-state index contributed by atoms with van der Waals surface area (Å²) in [6.45, 7) is 7.36. The lowest BCUT2D eigenvalue weighted by Gasteiger charge is -2.31. The molecule has 0 aromatic heterocycles. The van der Waals surface area contributed by atoms with E-state index in [-0.39, 0.29) is 17.9 Å². The molecule has 0 aliphatic carbocycles. The van der Waals surface area contributed by atoms with Crippen LogP contribution in [0.1, 0.15) is 44.5 Å². The molecule has 2 rings (SSSR count). The molecule has 1 aliphatic heterocycles. The van der Waals surface area contributed by atoms with E-state index in [1.807, 2.05) is 13.8 Å². The zero-order valence-corrected chi connectivity index (χ0v) is 12.2. The Balaban J connectivity index is 2.23. The van der Waals surface area contributed by atoms with Crippen LogP contribution in [0.15, 0.2) is 18.2 Å². The van der Waals surface area contributed by atoms with Gasteiger partial charge in [-0.05, 0) is 45.4 Å². The smallest absolute Gasteiger partial charge is 0.268 e. The van der Waals surface area contributed by atoms with E-state index in [2.05, 4.69) is 10.6 Å². The normalized spacial score (nSPS) is 17.5. The number of carbonyl (C=O) groups is 2. The van der Waals surface area contributed by atoms with E-state index in [0.29, 0.717) is 17.0 Å².